The molecule has 0 aliphatic heterocycles. The average Bonchev–Trinajstić information content (AvgIpc) is 2.19. The maximum atomic E-state index is 12.0. The molecule has 1 rings (SSSR count). The summed E-state index contributed by atoms with van der Waals surface area (Å²) in [6.45, 7) is 1.61. The smallest absolute Gasteiger partial charge is 0.406 e. The molecule has 0 aliphatic carbocycles. The van der Waals surface area contributed by atoms with Crippen LogP contribution in [0.2, 0.25) is 5.02 Å². The number of alkyl halides is 3. The molecule has 0 bridgehead atoms. The van der Waals surface area contributed by atoms with Gasteiger partial charge in [-0.2, -0.15) is 0 Å². The summed E-state index contributed by atoms with van der Waals surface area (Å²) >= 11 is 5.71. The Hall–Kier alpha value is -1.49. The van der Waals surface area contributed by atoms with Crippen molar-refractivity contribution >= 4 is 17.4 Å². The Morgan fingerprint density at radius 2 is 2.06 bits per heavy atom. The zero-order valence-electron chi connectivity index (χ0n) is 8.72. The largest absolute Gasteiger partial charge is 0.573 e. The molecule has 0 N–H and O–H groups in total. The third kappa shape index (κ3) is 4.11. The molecule has 2 nitrogen and oxygen atoms in total. The van der Waals surface area contributed by atoms with Crippen molar-refractivity contribution in [3.8, 4) is 5.75 Å². The zero-order chi connectivity index (χ0) is 13.1. The minimum absolute atomic E-state index is 0.0356. The molecule has 0 radical (unpaired) electrons. The van der Waals surface area contributed by atoms with E-state index in [1.807, 2.05) is 0 Å². The van der Waals surface area contributed by atoms with Crippen LogP contribution in [0.15, 0.2) is 30.4 Å². The van der Waals surface area contributed by atoms with Crippen LogP contribution in [0.25, 0.3) is 0 Å². The van der Waals surface area contributed by atoms with Gasteiger partial charge in [-0.15, -0.1) is 13.2 Å². The van der Waals surface area contributed by atoms with Crippen molar-refractivity contribution in [2.75, 3.05) is 0 Å². The summed E-state index contributed by atoms with van der Waals surface area (Å²) < 4.78 is 39.6. The molecule has 17 heavy (non-hydrogen) atoms. The molecule has 0 fully saturated rings. The number of ether oxygens (including phenoxy) is 1. The maximum absolute atomic E-state index is 12.0. The minimum atomic E-state index is -4.80. The van der Waals surface area contributed by atoms with E-state index in [9.17, 15) is 18.0 Å². The fraction of sp³-hybridized carbons (Fsp3) is 0.182. The van der Waals surface area contributed by atoms with Crippen molar-refractivity contribution < 1.29 is 22.7 Å². The summed E-state index contributed by atoms with van der Waals surface area (Å²) in [5.74, 6) is -0.958. The first-order valence-electron chi connectivity index (χ1n) is 4.56. The fourth-order valence-corrected chi connectivity index (χ4v) is 1.34. The van der Waals surface area contributed by atoms with Crippen LogP contribution in [0, 0.1) is 0 Å². The monoisotopic (exact) mass is 264 g/mol. The Morgan fingerprint density at radius 3 is 2.59 bits per heavy atom. The van der Waals surface area contributed by atoms with Crippen molar-refractivity contribution in [1.82, 2.24) is 0 Å². The number of hydrogen-bond acceptors (Lipinski definition) is 2. The number of halogens is 4. The number of benzene rings is 1. The van der Waals surface area contributed by atoms with E-state index in [0.717, 1.165) is 12.1 Å². The number of hydrogen-bond donors (Lipinski definition) is 0. The molecule has 0 saturated carbocycles. The van der Waals surface area contributed by atoms with Gasteiger partial charge in [-0.05, 0) is 31.2 Å². The first-order chi connectivity index (χ1) is 7.83. The summed E-state index contributed by atoms with van der Waals surface area (Å²) in [7, 11) is 0. The molecule has 92 valence electrons. The lowest BCUT2D eigenvalue weighted by Gasteiger charge is -2.10. The van der Waals surface area contributed by atoms with E-state index in [1.54, 1.807) is 6.92 Å². The first-order valence-corrected chi connectivity index (χ1v) is 4.93. The highest BCUT2D eigenvalue weighted by molar-refractivity contribution is 6.34. The lowest BCUT2D eigenvalue weighted by atomic mass is 10.1. The van der Waals surface area contributed by atoms with Crippen LogP contribution < -0.4 is 4.74 Å². The van der Waals surface area contributed by atoms with Crippen molar-refractivity contribution in [1.29, 1.82) is 0 Å². The second-order valence-corrected chi connectivity index (χ2v) is 3.46. The van der Waals surface area contributed by atoms with Gasteiger partial charge in [0.15, 0.2) is 5.78 Å². The van der Waals surface area contributed by atoms with Crippen LogP contribution in [0.4, 0.5) is 13.2 Å². The van der Waals surface area contributed by atoms with Crippen molar-refractivity contribution in [3.63, 3.8) is 0 Å². The number of carbonyl (C=O) groups is 1. The van der Waals surface area contributed by atoms with Gasteiger partial charge < -0.3 is 4.74 Å². The predicted octanol–water partition coefficient (Wildman–Crippen LogP) is 4.00. The van der Waals surface area contributed by atoms with Gasteiger partial charge in [-0.25, -0.2) is 0 Å². The molecule has 1 aromatic carbocycles. The van der Waals surface area contributed by atoms with Gasteiger partial charge in [0.25, 0.3) is 0 Å². The van der Waals surface area contributed by atoms with E-state index in [4.69, 9.17) is 11.6 Å². The van der Waals surface area contributed by atoms with Gasteiger partial charge in [-0.3, -0.25) is 4.79 Å². The Kier molecular flexibility index (Phi) is 4.17. The Bertz CT molecular complexity index is 453. The van der Waals surface area contributed by atoms with Crippen molar-refractivity contribution in [3.05, 3.63) is 40.9 Å². The molecule has 0 heterocycles. The number of ketones is 1. The highest BCUT2D eigenvalue weighted by Crippen LogP contribution is 2.27. The molecule has 0 atom stereocenters. The lowest BCUT2D eigenvalue weighted by Crippen LogP contribution is -2.17. The Balaban J connectivity index is 3.06. The van der Waals surface area contributed by atoms with Gasteiger partial charge in [0.2, 0.25) is 0 Å². The molecular weight excluding hydrogens is 257 g/mol. The second kappa shape index (κ2) is 5.23. The maximum Gasteiger partial charge on any atom is 0.573 e. The fourth-order valence-electron chi connectivity index (χ4n) is 1.13. The van der Waals surface area contributed by atoms with Gasteiger partial charge in [0, 0.05) is 5.56 Å². The molecule has 0 aromatic heterocycles. The van der Waals surface area contributed by atoms with Crippen LogP contribution in [-0.4, -0.2) is 12.1 Å². The molecule has 0 amide bonds. The van der Waals surface area contributed by atoms with Crippen LogP contribution in [-0.2, 0) is 0 Å². The quantitative estimate of drug-likeness (QED) is 0.609. The van der Waals surface area contributed by atoms with E-state index in [0.29, 0.717) is 0 Å². The van der Waals surface area contributed by atoms with E-state index >= 15 is 0 Å². The lowest BCUT2D eigenvalue weighted by molar-refractivity contribution is -0.274. The zero-order valence-corrected chi connectivity index (χ0v) is 9.47. The topological polar surface area (TPSA) is 26.3 Å². The average molecular weight is 265 g/mol. The third-order valence-corrected chi connectivity index (χ3v) is 2.08. The molecule has 0 saturated heterocycles. The van der Waals surface area contributed by atoms with Gasteiger partial charge >= 0.3 is 6.36 Å². The summed E-state index contributed by atoms with van der Waals surface area (Å²) in [4.78, 5) is 11.5. The van der Waals surface area contributed by atoms with Crippen molar-refractivity contribution in [2.45, 2.75) is 13.3 Å². The summed E-state index contributed by atoms with van der Waals surface area (Å²) in [5, 5.41) is 0.0719. The second-order valence-electron chi connectivity index (χ2n) is 3.05. The highest BCUT2D eigenvalue weighted by atomic mass is 35.5. The molecule has 0 aliphatic rings. The number of rotatable bonds is 3. The SMILES string of the molecule is CC=CC(=O)c1cc(OC(F)(F)F)ccc1Cl. The van der Waals surface area contributed by atoms with E-state index in [-0.39, 0.29) is 10.6 Å². The van der Waals surface area contributed by atoms with Gasteiger partial charge in [0.1, 0.15) is 5.75 Å². The normalized spacial score (nSPS) is 11.8. The van der Waals surface area contributed by atoms with Crippen LogP contribution >= 0.6 is 11.6 Å². The van der Waals surface area contributed by atoms with Crippen LogP contribution in [0.3, 0.4) is 0 Å². The molecule has 0 spiro atoms. The molecular formula is C11H8ClF3O2. The Morgan fingerprint density at radius 1 is 1.41 bits per heavy atom. The summed E-state index contributed by atoms with van der Waals surface area (Å²) in [6, 6.07) is 3.18. The van der Waals surface area contributed by atoms with Gasteiger partial charge in [-0.1, -0.05) is 17.7 Å². The summed E-state index contributed by atoms with van der Waals surface area (Å²) in [5.41, 5.74) is -0.0356. The highest BCUT2D eigenvalue weighted by Gasteiger charge is 2.31. The number of carbonyl (C=O) groups excluding carboxylic acids is 1. The Labute approximate surface area is 101 Å². The number of allylic oxidation sites excluding steroid dienone is 2. The van der Waals surface area contributed by atoms with Crippen molar-refractivity contribution in [2.24, 2.45) is 0 Å². The predicted molar refractivity (Wildman–Crippen MR) is 57.3 cm³/mol. The third-order valence-electron chi connectivity index (χ3n) is 1.75. The van der Waals surface area contributed by atoms with E-state index < -0.39 is 17.9 Å². The van der Waals surface area contributed by atoms with Crippen LogP contribution in [0.1, 0.15) is 17.3 Å². The minimum Gasteiger partial charge on any atom is -0.406 e. The molecule has 1 aromatic rings. The first kappa shape index (κ1) is 13.6. The van der Waals surface area contributed by atoms with Crippen LogP contribution in [0.5, 0.6) is 5.75 Å². The summed E-state index contributed by atoms with van der Waals surface area (Å²) in [6.07, 6.45) is -2.12. The van der Waals surface area contributed by atoms with E-state index in [1.165, 1.54) is 18.2 Å². The molecule has 6 heteroatoms. The standard InChI is InChI=1S/C11H8ClF3O2/c1-2-3-10(16)8-6-7(4-5-9(8)12)17-11(13,14)15/h2-6H,1H3. The van der Waals surface area contributed by atoms with E-state index in [2.05, 4.69) is 4.74 Å². The van der Waals surface area contributed by atoms with Gasteiger partial charge in [0.05, 0.1) is 5.02 Å². The molecule has 0 unspecified atom stereocenters.